The minimum atomic E-state index is -0.237. The van der Waals surface area contributed by atoms with Gasteiger partial charge in [0.2, 0.25) is 0 Å². The van der Waals surface area contributed by atoms with Crippen molar-refractivity contribution < 1.29 is 4.39 Å². The molecule has 0 aliphatic carbocycles. The van der Waals surface area contributed by atoms with E-state index >= 15 is 0 Å². The van der Waals surface area contributed by atoms with Gasteiger partial charge in [-0.1, -0.05) is 0 Å². The number of nitrogens with one attached hydrogen (secondary N) is 1. The summed E-state index contributed by atoms with van der Waals surface area (Å²) in [4.78, 5) is 8.49. The minimum absolute atomic E-state index is 0.0363. The predicted octanol–water partition coefficient (Wildman–Crippen LogP) is 3.10. The zero-order valence-electron chi connectivity index (χ0n) is 9.81. The van der Waals surface area contributed by atoms with Crippen molar-refractivity contribution in [2.45, 2.75) is 19.9 Å². The fourth-order valence-corrected chi connectivity index (χ4v) is 1.71. The van der Waals surface area contributed by atoms with Crippen molar-refractivity contribution in [1.82, 2.24) is 9.97 Å². The van der Waals surface area contributed by atoms with E-state index in [4.69, 9.17) is 0 Å². The number of aryl methyl sites for hydroxylation is 1. The monoisotopic (exact) mass is 231 g/mol. The maximum atomic E-state index is 12.8. The van der Waals surface area contributed by atoms with Crippen LogP contribution >= 0.6 is 0 Å². The van der Waals surface area contributed by atoms with Crippen molar-refractivity contribution in [3.63, 3.8) is 0 Å². The molecule has 1 atom stereocenters. The highest BCUT2D eigenvalue weighted by Gasteiger charge is 2.09. The van der Waals surface area contributed by atoms with Gasteiger partial charge in [-0.3, -0.25) is 9.97 Å². The Morgan fingerprint density at radius 3 is 2.41 bits per heavy atom. The molecule has 0 saturated carbocycles. The third-order valence-electron chi connectivity index (χ3n) is 2.56. The first-order valence-electron chi connectivity index (χ1n) is 5.46. The molecule has 0 amide bonds. The van der Waals surface area contributed by atoms with Crippen LogP contribution in [0.1, 0.15) is 24.4 Å². The molecule has 0 aliphatic heterocycles. The quantitative estimate of drug-likeness (QED) is 0.882. The van der Waals surface area contributed by atoms with Crippen molar-refractivity contribution >= 4 is 5.69 Å². The summed E-state index contributed by atoms with van der Waals surface area (Å²) < 4.78 is 12.8. The fourth-order valence-electron chi connectivity index (χ4n) is 1.71. The Balaban J connectivity index is 2.14. The average Bonchev–Trinajstić information content (AvgIpc) is 2.32. The van der Waals surface area contributed by atoms with Crippen molar-refractivity contribution in [3.8, 4) is 0 Å². The Labute approximate surface area is 99.7 Å². The van der Waals surface area contributed by atoms with Crippen molar-refractivity contribution in [2.24, 2.45) is 0 Å². The van der Waals surface area contributed by atoms with Gasteiger partial charge in [0, 0.05) is 18.1 Å². The second kappa shape index (κ2) is 4.91. The molecule has 88 valence electrons. The summed E-state index contributed by atoms with van der Waals surface area (Å²) in [5.74, 6) is -0.237. The first-order chi connectivity index (χ1) is 8.16. The summed E-state index contributed by atoms with van der Waals surface area (Å²) in [6.07, 6.45) is 3.34. The van der Waals surface area contributed by atoms with Crippen molar-refractivity contribution in [3.05, 3.63) is 53.9 Å². The third kappa shape index (κ3) is 2.78. The maximum absolute atomic E-state index is 12.8. The van der Waals surface area contributed by atoms with E-state index in [1.807, 2.05) is 13.8 Å². The zero-order chi connectivity index (χ0) is 12.3. The molecule has 17 heavy (non-hydrogen) atoms. The molecule has 0 radical (unpaired) electrons. The molecule has 3 nitrogen and oxygen atoms in total. The van der Waals surface area contributed by atoms with E-state index in [1.54, 1.807) is 24.5 Å². The second-order valence-electron chi connectivity index (χ2n) is 3.90. The van der Waals surface area contributed by atoms with Crippen LogP contribution in [0.3, 0.4) is 0 Å². The molecule has 0 aliphatic rings. The van der Waals surface area contributed by atoms with Gasteiger partial charge < -0.3 is 5.32 Å². The average molecular weight is 231 g/mol. The summed E-state index contributed by atoms with van der Waals surface area (Å²) in [6.45, 7) is 3.92. The molecule has 2 aromatic rings. The van der Waals surface area contributed by atoms with Crippen LogP contribution < -0.4 is 5.32 Å². The van der Waals surface area contributed by atoms with Gasteiger partial charge in [-0.15, -0.1) is 0 Å². The Morgan fingerprint density at radius 2 is 1.76 bits per heavy atom. The van der Waals surface area contributed by atoms with Crippen LogP contribution in [0.25, 0.3) is 0 Å². The second-order valence-corrected chi connectivity index (χ2v) is 3.90. The zero-order valence-corrected chi connectivity index (χ0v) is 9.81. The van der Waals surface area contributed by atoms with Gasteiger partial charge in [-0.05, 0) is 38.1 Å². The van der Waals surface area contributed by atoms with Gasteiger partial charge in [0.05, 0.1) is 17.4 Å². The predicted molar refractivity (Wildman–Crippen MR) is 65.2 cm³/mol. The molecule has 0 spiro atoms. The number of aromatic nitrogens is 2. The SMILES string of the molecule is Cc1nccnc1C(C)Nc1ccc(F)cc1. The van der Waals surface area contributed by atoms with Gasteiger partial charge in [0.15, 0.2) is 0 Å². The number of halogens is 1. The third-order valence-corrected chi connectivity index (χ3v) is 2.56. The van der Waals surface area contributed by atoms with Crippen LogP contribution in [0.15, 0.2) is 36.7 Å². The number of benzene rings is 1. The lowest BCUT2D eigenvalue weighted by atomic mass is 10.1. The van der Waals surface area contributed by atoms with E-state index in [1.165, 1.54) is 12.1 Å². The van der Waals surface area contributed by atoms with Gasteiger partial charge in [0.25, 0.3) is 0 Å². The summed E-state index contributed by atoms with van der Waals surface area (Å²) >= 11 is 0. The number of hydrogen-bond acceptors (Lipinski definition) is 3. The van der Waals surface area contributed by atoms with Crippen LogP contribution in [0.4, 0.5) is 10.1 Å². The van der Waals surface area contributed by atoms with Crippen LogP contribution in [0.5, 0.6) is 0 Å². The molecule has 4 heteroatoms. The molecule has 1 unspecified atom stereocenters. The molecule has 1 aromatic carbocycles. The first kappa shape index (κ1) is 11.5. The van der Waals surface area contributed by atoms with Crippen molar-refractivity contribution in [1.29, 1.82) is 0 Å². The van der Waals surface area contributed by atoms with E-state index in [0.717, 1.165) is 17.1 Å². The van der Waals surface area contributed by atoms with E-state index in [0.29, 0.717) is 0 Å². The van der Waals surface area contributed by atoms with Crippen molar-refractivity contribution in [2.75, 3.05) is 5.32 Å². The lowest BCUT2D eigenvalue weighted by molar-refractivity contribution is 0.628. The number of hydrogen-bond donors (Lipinski definition) is 1. The Bertz CT molecular complexity index is 496. The van der Waals surface area contributed by atoms with Crippen LogP contribution in [0.2, 0.25) is 0 Å². The summed E-state index contributed by atoms with van der Waals surface area (Å²) in [7, 11) is 0. The molecule has 2 rings (SSSR count). The topological polar surface area (TPSA) is 37.8 Å². The Kier molecular flexibility index (Phi) is 3.32. The molecule has 1 aromatic heterocycles. The molecule has 1 heterocycles. The summed E-state index contributed by atoms with van der Waals surface area (Å²) in [5.41, 5.74) is 2.66. The highest BCUT2D eigenvalue weighted by Crippen LogP contribution is 2.19. The van der Waals surface area contributed by atoms with Crippen LogP contribution in [-0.2, 0) is 0 Å². The maximum Gasteiger partial charge on any atom is 0.123 e. The van der Waals surface area contributed by atoms with E-state index in [2.05, 4.69) is 15.3 Å². The largest absolute Gasteiger partial charge is 0.377 e. The molecule has 0 fully saturated rings. The van der Waals surface area contributed by atoms with Gasteiger partial charge >= 0.3 is 0 Å². The smallest absolute Gasteiger partial charge is 0.123 e. The molecule has 0 bridgehead atoms. The van der Waals surface area contributed by atoms with E-state index < -0.39 is 0 Å². The summed E-state index contributed by atoms with van der Waals surface area (Å²) in [5, 5.41) is 3.26. The van der Waals surface area contributed by atoms with Gasteiger partial charge in [-0.25, -0.2) is 4.39 Å². The van der Waals surface area contributed by atoms with Crippen LogP contribution in [0, 0.1) is 12.7 Å². The Hall–Kier alpha value is -1.97. The lowest BCUT2D eigenvalue weighted by Gasteiger charge is -2.15. The lowest BCUT2D eigenvalue weighted by Crippen LogP contribution is -2.10. The van der Waals surface area contributed by atoms with Gasteiger partial charge in [0.1, 0.15) is 5.82 Å². The molecule has 1 N–H and O–H groups in total. The van der Waals surface area contributed by atoms with E-state index in [9.17, 15) is 4.39 Å². The summed E-state index contributed by atoms with van der Waals surface area (Å²) in [6, 6.07) is 6.31. The van der Waals surface area contributed by atoms with Gasteiger partial charge in [-0.2, -0.15) is 0 Å². The molecular formula is C13H14FN3. The first-order valence-corrected chi connectivity index (χ1v) is 5.46. The standard InChI is InChI=1S/C13H14FN3/c1-9-13(16-8-7-15-9)10(2)17-12-5-3-11(14)4-6-12/h3-8,10,17H,1-2H3. The normalized spacial score (nSPS) is 12.2. The minimum Gasteiger partial charge on any atom is -0.377 e. The highest BCUT2D eigenvalue weighted by atomic mass is 19.1. The number of rotatable bonds is 3. The highest BCUT2D eigenvalue weighted by molar-refractivity contribution is 5.44. The number of nitrogens with zero attached hydrogens (tertiary/aromatic N) is 2. The fraction of sp³-hybridized carbons (Fsp3) is 0.231. The van der Waals surface area contributed by atoms with E-state index in [-0.39, 0.29) is 11.9 Å². The molecular weight excluding hydrogens is 217 g/mol. The molecule has 0 saturated heterocycles. The number of anilines is 1. The Morgan fingerprint density at radius 1 is 1.12 bits per heavy atom. The van der Waals surface area contributed by atoms with Crippen LogP contribution in [-0.4, -0.2) is 9.97 Å².